The van der Waals surface area contributed by atoms with Crippen LogP contribution in [-0.4, -0.2) is 19.0 Å². The number of nitrogens with zero attached hydrogens (tertiary/aromatic N) is 2. The smallest absolute Gasteiger partial charge is 0.249 e. The van der Waals surface area contributed by atoms with Crippen molar-refractivity contribution in [2.24, 2.45) is 0 Å². The molecule has 104 valence electrons. The van der Waals surface area contributed by atoms with Crippen molar-refractivity contribution < 1.29 is 4.79 Å². The van der Waals surface area contributed by atoms with Crippen molar-refractivity contribution in [1.29, 1.82) is 5.26 Å². The lowest BCUT2D eigenvalue weighted by Crippen LogP contribution is -2.39. The predicted molar refractivity (Wildman–Crippen MR) is 82.1 cm³/mol. The quantitative estimate of drug-likeness (QED) is 0.917. The summed E-state index contributed by atoms with van der Waals surface area (Å²) in [5.74, 6) is 0.00119. The first kappa shape index (κ1) is 13.2. The van der Waals surface area contributed by atoms with E-state index in [4.69, 9.17) is 5.26 Å². The minimum absolute atomic E-state index is 0.00119. The molecule has 0 bridgehead atoms. The van der Waals surface area contributed by atoms with Gasteiger partial charge in [0.1, 0.15) is 6.04 Å². The summed E-state index contributed by atoms with van der Waals surface area (Å²) < 4.78 is 0. The summed E-state index contributed by atoms with van der Waals surface area (Å²) in [7, 11) is 1.74. The van der Waals surface area contributed by atoms with Gasteiger partial charge in [-0.15, -0.1) is 0 Å². The Bertz CT molecular complexity index is 708. The maximum Gasteiger partial charge on any atom is 0.249 e. The molecule has 21 heavy (non-hydrogen) atoms. The summed E-state index contributed by atoms with van der Waals surface area (Å²) in [4.78, 5) is 14.2. The minimum Gasteiger partial charge on any atom is -0.373 e. The molecular weight excluding hydrogens is 262 g/mol. The van der Waals surface area contributed by atoms with Crippen molar-refractivity contribution in [3.63, 3.8) is 0 Å². The normalized spacial score (nSPS) is 15.7. The van der Waals surface area contributed by atoms with Crippen LogP contribution >= 0.6 is 0 Å². The molecule has 1 heterocycles. The van der Waals surface area contributed by atoms with E-state index in [0.717, 1.165) is 16.9 Å². The molecule has 1 amide bonds. The van der Waals surface area contributed by atoms with Crippen LogP contribution in [0.3, 0.4) is 0 Å². The van der Waals surface area contributed by atoms with Crippen molar-refractivity contribution in [2.45, 2.75) is 12.5 Å². The Morgan fingerprint density at radius 2 is 2.10 bits per heavy atom. The molecule has 1 aliphatic rings. The number of carbonyl (C=O) groups excluding carboxylic acids is 1. The Balaban J connectivity index is 1.79. The lowest BCUT2D eigenvalue weighted by molar-refractivity contribution is -0.118. The third-order valence-corrected chi connectivity index (χ3v) is 3.76. The second kappa shape index (κ2) is 5.29. The average Bonchev–Trinajstić information content (AvgIpc) is 2.97. The molecule has 0 radical (unpaired) electrons. The van der Waals surface area contributed by atoms with Crippen LogP contribution < -0.4 is 10.2 Å². The second-order valence-corrected chi connectivity index (χ2v) is 5.12. The topological polar surface area (TPSA) is 56.1 Å². The van der Waals surface area contributed by atoms with Crippen LogP contribution in [0.5, 0.6) is 0 Å². The van der Waals surface area contributed by atoms with Gasteiger partial charge in [0.15, 0.2) is 0 Å². The molecule has 4 heteroatoms. The zero-order valence-corrected chi connectivity index (χ0v) is 11.7. The number of hydrogen-bond acceptors (Lipinski definition) is 3. The highest BCUT2D eigenvalue weighted by atomic mass is 16.2. The Morgan fingerprint density at radius 3 is 2.86 bits per heavy atom. The number of hydrogen-bond donors (Lipinski definition) is 1. The Hall–Kier alpha value is -2.80. The van der Waals surface area contributed by atoms with Crippen molar-refractivity contribution in [3.05, 3.63) is 59.7 Å². The number of rotatable bonds is 2. The second-order valence-electron chi connectivity index (χ2n) is 5.12. The lowest BCUT2D eigenvalue weighted by Gasteiger charge is -2.21. The van der Waals surface area contributed by atoms with Crippen LogP contribution in [0.1, 0.15) is 11.1 Å². The zero-order chi connectivity index (χ0) is 14.8. The highest BCUT2D eigenvalue weighted by Crippen LogP contribution is 2.27. The summed E-state index contributed by atoms with van der Waals surface area (Å²) in [6, 6.07) is 16.9. The highest BCUT2D eigenvalue weighted by Gasteiger charge is 2.29. The van der Waals surface area contributed by atoms with E-state index >= 15 is 0 Å². The third-order valence-electron chi connectivity index (χ3n) is 3.76. The van der Waals surface area contributed by atoms with Gasteiger partial charge >= 0.3 is 0 Å². The standard InChI is InChI=1S/C17H15N3O/c1-20(14-7-4-5-12(9-14)11-18)17(21)16-10-13-6-2-3-8-15(13)19-16/h2-9,16,19H,10H2,1H3/t16-/m0/s1. The number of amides is 1. The zero-order valence-electron chi connectivity index (χ0n) is 11.7. The SMILES string of the molecule is CN(C(=O)[C@@H]1Cc2ccccc2N1)c1cccc(C#N)c1. The first-order valence-corrected chi connectivity index (χ1v) is 6.81. The van der Waals surface area contributed by atoms with Crippen LogP contribution in [0.25, 0.3) is 0 Å². The first-order chi connectivity index (χ1) is 10.2. The van der Waals surface area contributed by atoms with Gasteiger partial charge in [-0.05, 0) is 29.8 Å². The molecule has 0 fully saturated rings. The van der Waals surface area contributed by atoms with Crippen molar-refractivity contribution in [2.75, 3.05) is 17.3 Å². The van der Waals surface area contributed by atoms with Crippen LogP contribution in [0, 0.1) is 11.3 Å². The van der Waals surface area contributed by atoms with Crippen LogP contribution in [0.15, 0.2) is 48.5 Å². The fraction of sp³-hybridized carbons (Fsp3) is 0.176. The van der Waals surface area contributed by atoms with Gasteiger partial charge in [-0.1, -0.05) is 24.3 Å². The molecule has 0 saturated heterocycles. The maximum atomic E-state index is 12.6. The van der Waals surface area contributed by atoms with Gasteiger partial charge < -0.3 is 10.2 Å². The molecule has 1 atom stereocenters. The summed E-state index contributed by atoms with van der Waals surface area (Å²) in [6.07, 6.45) is 0.692. The van der Waals surface area contributed by atoms with E-state index in [1.54, 1.807) is 30.1 Å². The molecule has 0 unspecified atom stereocenters. The first-order valence-electron chi connectivity index (χ1n) is 6.81. The number of likely N-dealkylation sites (N-methyl/N-ethyl adjacent to an activating group) is 1. The monoisotopic (exact) mass is 277 g/mol. The fourth-order valence-electron chi connectivity index (χ4n) is 2.59. The van der Waals surface area contributed by atoms with Crippen molar-refractivity contribution >= 4 is 17.3 Å². The van der Waals surface area contributed by atoms with Gasteiger partial charge in [0, 0.05) is 24.8 Å². The van der Waals surface area contributed by atoms with Gasteiger partial charge in [-0.3, -0.25) is 4.79 Å². The molecule has 0 spiro atoms. The van der Waals surface area contributed by atoms with E-state index in [2.05, 4.69) is 11.4 Å². The van der Waals surface area contributed by atoms with E-state index in [1.165, 1.54) is 0 Å². The van der Waals surface area contributed by atoms with Gasteiger partial charge in [0.25, 0.3) is 0 Å². The van der Waals surface area contributed by atoms with Gasteiger partial charge in [0.2, 0.25) is 5.91 Å². The Kier molecular flexibility index (Phi) is 3.33. The van der Waals surface area contributed by atoms with E-state index in [1.807, 2.05) is 30.3 Å². The molecule has 2 aromatic rings. The molecule has 1 aliphatic heterocycles. The summed E-state index contributed by atoms with van der Waals surface area (Å²) in [5, 5.41) is 12.2. The summed E-state index contributed by atoms with van der Waals surface area (Å²) >= 11 is 0. The van der Waals surface area contributed by atoms with E-state index in [0.29, 0.717) is 12.0 Å². The number of nitriles is 1. The van der Waals surface area contributed by atoms with Gasteiger partial charge in [-0.25, -0.2) is 0 Å². The molecule has 0 aromatic heterocycles. The number of carbonyl (C=O) groups is 1. The number of para-hydroxylation sites is 1. The Morgan fingerprint density at radius 1 is 1.29 bits per heavy atom. The van der Waals surface area contributed by atoms with E-state index < -0.39 is 0 Å². The largest absolute Gasteiger partial charge is 0.373 e. The number of nitrogens with one attached hydrogen (secondary N) is 1. The highest BCUT2D eigenvalue weighted by molar-refractivity contribution is 5.99. The summed E-state index contributed by atoms with van der Waals surface area (Å²) in [6.45, 7) is 0. The molecular formula is C17H15N3O. The minimum atomic E-state index is -0.252. The fourth-order valence-corrected chi connectivity index (χ4v) is 2.59. The molecule has 0 saturated carbocycles. The molecule has 0 aliphatic carbocycles. The van der Waals surface area contributed by atoms with Crippen LogP contribution in [-0.2, 0) is 11.2 Å². The maximum absolute atomic E-state index is 12.6. The average molecular weight is 277 g/mol. The van der Waals surface area contributed by atoms with Gasteiger partial charge in [-0.2, -0.15) is 5.26 Å². The Labute approximate surface area is 123 Å². The number of fused-ring (bicyclic) bond motifs is 1. The van der Waals surface area contributed by atoms with Crippen molar-refractivity contribution in [1.82, 2.24) is 0 Å². The van der Waals surface area contributed by atoms with Crippen LogP contribution in [0.4, 0.5) is 11.4 Å². The van der Waals surface area contributed by atoms with E-state index in [-0.39, 0.29) is 11.9 Å². The number of benzene rings is 2. The van der Waals surface area contributed by atoms with E-state index in [9.17, 15) is 4.79 Å². The molecule has 1 N–H and O–H groups in total. The van der Waals surface area contributed by atoms with Crippen molar-refractivity contribution in [3.8, 4) is 6.07 Å². The lowest BCUT2D eigenvalue weighted by atomic mass is 10.1. The van der Waals surface area contributed by atoms with Gasteiger partial charge in [0.05, 0.1) is 11.6 Å². The molecule has 3 rings (SSSR count). The molecule has 2 aromatic carbocycles. The predicted octanol–water partition coefficient (Wildman–Crippen LogP) is 2.56. The molecule has 4 nitrogen and oxygen atoms in total. The van der Waals surface area contributed by atoms with Crippen LogP contribution in [0.2, 0.25) is 0 Å². The summed E-state index contributed by atoms with van der Waals surface area (Å²) in [5.41, 5.74) is 3.47. The number of anilines is 2. The third kappa shape index (κ3) is 2.46.